The lowest BCUT2D eigenvalue weighted by molar-refractivity contribution is -0.129. The number of ether oxygens (including phenoxy) is 1. The number of fused-ring (bicyclic) bond motifs is 3. The number of nitrogens with two attached hydrogens (primary N) is 1. The predicted molar refractivity (Wildman–Crippen MR) is 137 cm³/mol. The molecule has 1 amide bonds. The molecule has 4 atom stereocenters. The Kier molecular flexibility index (Phi) is 4.97. The first-order valence-corrected chi connectivity index (χ1v) is 12.9. The van der Waals surface area contributed by atoms with Gasteiger partial charge in [-0.05, 0) is 49.1 Å². The van der Waals surface area contributed by atoms with Crippen LogP contribution in [0.4, 0.5) is 0 Å². The Morgan fingerprint density at radius 2 is 1.94 bits per heavy atom. The monoisotopic (exact) mass is 495 g/mol. The van der Waals surface area contributed by atoms with Gasteiger partial charge in [0.05, 0.1) is 34.3 Å². The van der Waals surface area contributed by atoms with Crippen LogP contribution in [0.1, 0.15) is 53.9 Å². The van der Waals surface area contributed by atoms with E-state index < -0.39 is 11.5 Å². The highest BCUT2D eigenvalue weighted by atomic mass is 32.2. The maximum absolute atomic E-state index is 13.7. The second-order valence-electron chi connectivity index (χ2n) is 10.2. The summed E-state index contributed by atoms with van der Waals surface area (Å²) in [5, 5.41) is 19.1. The Labute approximate surface area is 214 Å². The van der Waals surface area contributed by atoms with Crippen molar-refractivity contribution in [3.8, 4) is 17.9 Å². The lowest BCUT2D eigenvalue weighted by Crippen LogP contribution is -2.54. The zero-order valence-corrected chi connectivity index (χ0v) is 20.9. The molecule has 1 saturated carbocycles. The van der Waals surface area contributed by atoms with Crippen molar-refractivity contribution in [1.82, 2.24) is 4.90 Å². The smallest absolute Gasteiger partial charge is 0.239 e. The number of likely N-dealkylation sites (N-methyl/N-ethyl adjacent to an activating group) is 1. The van der Waals surface area contributed by atoms with E-state index >= 15 is 0 Å². The van der Waals surface area contributed by atoms with Gasteiger partial charge in [-0.25, -0.2) is 4.99 Å². The maximum Gasteiger partial charge on any atom is 0.239 e. The highest BCUT2D eigenvalue weighted by molar-refractivity contribution is 8.04. The summed E-state index contributed by atoms with van der Waals surface area (Å²) in [6.07, 6.45) is 3.93. The summed E-state index contributed by atoms with van der Waals surface area (Å²) in [7, 11) is 1.65. The van der Waals surface area contributed by atoms with Gasteiger partial charge in [0.25, 0.3) is 0 Å². The maximum atomic E-state index is 13.7. The van der Waals surface area contributed by atoms with E-state index in [4.69, 9.17) is 15.5 Å². The molecule has 8 heteroatoms. The Morgan fingerprint density at radius 3 is 2.61 bits per heavy atom. The topological polar surface area (TPSA) is 116 Å². The highest BCUT2D eigenvalue weighted by Gasteiger charge is 2.52. The summed E-state index contributed by atoms with van der Waals surface area (Å²) in [5.41, 5.74) is 8.40. The Hall–Kier alpha value is -3.75. The van der Waals surface area contributed by atoms with Crippen LogP contribution in [-0.2, 0) is 10.2 Å². The number of amides is 1. The first kappa shape index (κ1) is 22.7. The summed E-state index contributed by atoms with van der Waals surface area (Å²) in [6, 6.07) is 18.0. The third-order valence-electron chi connectivity index (χ3n) is 8.00. The van der Waals surface area contributed by atoms with E-state index in [0.29, 0.717) is 12.2 Å². The van der Waals surface area contributed by atoms with Gasteiger partial charge >= 0.3 is 0 Å². The summed E-state index contributed by atoms with van der Waals surface area (Å²) in [4.78, 5) is 21.0. The first-order valence-electron chi connectivity index (χ1n) is 12.0. The van der Waals surface area contributed by atoms with Crippen molar-refractivity contribution >= 4 is 23.6 Å². The number of hydrogen-bond donors (Lipinski definition) is 1. The van der Waals surface area contributed by atoms with Crippen molar-refractivity contribution in [2.75, 3.05) is 13.7 Å². The highest BCUT2D eigenvalue weighted by Crippen LogP contribution is 2.55. The number of nitriles is 2. The summed E-state index contributed by atoms with van der Waals surface area (Å²) in [6.45, 7) is 2.51. The molecule has 4 aliphatic rings. The van der Waals surface area contributed by atoms with Crippen LogP contribution in [-0.4, -0.2) is 41.2 Å². The van der Waals surface area contributed by atoms with Crippen LogP contribution in [0.5, 0.6) is 5.75 Å². The van der Waals surface area contributed by atoms with Gasteiger partial charge in [-0.2, -0.15) is 10.5 Å². The molecule has 2 aromatic rings. The van der Waals surface area contributed by atoms with Gasteiger partial charge in [0.1, 0.15) is 17.9 Å². The SMILES string of the molecule is CN1C(=O)[C@@H](c2ccc(C3(C#N)CC3)cc2)[C@@](C)(C2=CC3c4cc(C#N)ccc4OCC3S2)N=C1N. The average Bonchev–Trinajstić information content (AvgIpc) is 3.56. The number of hydrogen-bond acceptors (Lipinski definition) is 7. The fraction of sp³-hybridized carbons (Fsp3) is 0.357. The quantitative estimate of drug-likeness (QED) is 0.690. The van der Waals surface area contributed by atoms with Gasteiger partial charge in [-0.1, -0.05) is 30.3 Å². The van der Waals surface area contributed by atoms with Gasteiger partial charge in [-0.3, -0.25) is 9.69 Å². The number of aliphatic imine (C=N–C) groups is 1. The molecule has 6 rings (SSSR count). The zero-order chi connectivity index (χ0) is 25.2. The predicted octanol–water partition coefficient (Wildman–Crippen LogP) is 3.92. The van der Waals surface area contributed by atoms with Crippen molar-refractivity contribution in [3.05, 3.63) is 75.7 Å². The van der Waals surface area contributed by atoms with E-state index in [1.54, 1.807) is 24.9 Å². The molecule has 36 heavy (non-hydrogen) atoms. The zero-order valence-electron chi connectivity index (χ0n) is 20.1. The molecule has 2 N–H and O–H groups in total. The molecule has 0 bridgehead atoms. The van der Waals surface area contributed by atoms with Crippen molar-refractivity contribution < 1.29 is 9.53 Å². The fourth-order valence-electron chi connectivity index (χ4n) is 5.62. The molecule has 0 saturated heterocycles. The Balaban J connectivity index is 1.42. The average molecular weight is 496 g/mol. The van der Waals surface area contributed by atoms with Crippen LogP contribution in [0.3, 0.4) is 0 Å². The van der Waals surface area contributed by atoms with Crippen molar-refractivity contribution in [2.24, 2.45) is 10.7 Å². The fourth-order valence-corrected chi connectivity index (χ4v) is 7.08. The number of thioether (sulfide) groups is 1. The molecule has 0 spiro atoms. The van der Waals surface area contributed by atoms with Gasteiger partial charge in [0.2, 0.25) is 5.91 Å². The summed E-state index contributed by atoms with van der Waals surface area (Å²) in [5.74, 6) is 0.361. The Bertz CT molecular complexity index is 1430. The minimum Gasteiger partial charge on any atom is -0.492 e. The minimum absolute atomic E-state index is 0.0541. The van der Waals surface area contributed by atoms with Crippen LogP contribution in [0.2, 0.25) is 0 Å². The number of guanidine groups is 1. The second-order valence-corrected chi connectivity index (χ2v) is 11.4. The molecule has 1 aliphatic carbocycles. The van der Waals surface area contributed by atoms with Gasteiger partial charge < -0.3 is 10.5 Å². The van der Waals surface area contributed by atoms with Gasteiger partial charge in [0.15, 0.2) is 5.96 Å². The van der Waals surface area contributed by atoms with Gasteiger partial charge in [-0.15, -0.1) is 11.8 Å². The van der Waals surface area contributed by atoms with E-state index in [1.807, 2.05) is 43.3 Å². The summed E-state index contributed by atoms with van der Waals surface area (Å²) >= 11 is 1.68. The first-order chi connectivity index (χ1) is 17.3. The molecule has 0 aromatic heterocycles. The number of rotatable bonds is 3. The molecule has 3 heterocycles. The Morgan fingerprint density at radius 1 is 1.19 bits per heavy atom. The summed E-state index contributed by atoms with van der Waals surface area (Å²) < 4.78 is 6.01. The number of carbonyl (C=O) groups excluding carboxylic acids is 1. The van der Waals surface area contributed by atoms with Crippen LogP contribution < -0.4 is 10.5 Å². The third-order valence-corrected chi connectivity index (χ3v) is 9.54. The molecule has 0 radical (unpaired) electrons. The van der Waals surface area contributed by atoms with Crippen LogP contribution >= 0.6 is 11.8 Å². The normalized spacial score (nSPS) is 29.6. The number of allylic oxidation sites excluding steroid dienone is 1. The van der Waals surface area contributed by atoms with Crippen molar-refractivity contribution in [2.45, 2.75) is 47.8 Å². The largest absolute Gasteiger partial charge is 0.492 e. The number of carbonyl (C=O) groups is 1. The molecule has 180 valence electrons. The lowest BCUT2D eigenvalue weighted by Gasteiger charge is -2.41. The molecular formula is C28H25N5O2S. The lowest BCUT2D eigenvalue weighted by atomic mass is 9.77. The van der Waals surface area contributed by atoms with Crippen molar-refractivity contribution in [3.63, 3.8) is 0 Å². The van der Waals surface area contributed by atoms with Crippen LogP contribution in [0, 0.1) is 22.7 Å². The minimum atomic E-state index is -0.892. The molecular weight excluding hydrogens is 470 g/mol. The van der Waals surface area contributed by atoms with E-state index in [2.05, 4.69) is 18.2 Å². The van der Waals surface area contributed by atoms with Gasteiger partial charge in [0, 0.05) is 23.4 Å². The molecule has 2 aromatic carbocycles. The molecule has 1 fully saturated rings. The number of benzene rings is 2. The molecule has 3 aliphatic heterocycles. The molecule has 2 unspecified atom stereocenters. The van der Waals surface area contributed by atoms with E-state index in [9.17, 15) is 15.3 Å². The van der Waals surface area contributed by atoms with Crippen LogP contribution in [0.25, 0.3) is 0 Å². The van der Waals surface area contributed by atoms with E-state index in [1.165, 1.54) is 4.90 Å². The third kappa shape index (κ3) is 3.25. The second kappa shape index (κ2) is 7.88. The standard InChI is InChI=1S/C28H25N5O2S/c1-27(23-12-20-19-11-16(13-29)3-8-21(19)35-14-22(20)36-23)24(25(34)33(2)26(31)32-27)17-4-6-18(7-5-17)28(15-30)9-10-28/h3-8,11-12,20,22,24H,9-10,14H2,1-2H3,(H2,31,32)/t20?,22?,24-,27-/m1/s1. The number of nitrogens with zero attached hydrogens (tertiary/aromatic N) is 4. The van der Waals surface area contributed by atoms with E-state index in [0.717, 1.165) is 40.2 Å². The van der Waals surface area contributed by atoms with Crippen molar-refractivity contribution in [1.29, 1.82) is 10.5 Å². The van der Waals surface area contributed by atoms with Crippen LogP contribution in [0.15, 0.2) is 58.4 Å². The molecule has 7 nitrogen and oxygen atoms in total. The van der Waals surface area contributed by atoms with E-state index in [-0.39, 0.29) is 28.4 Å².